The Morgan fingerprint density at radius 2 is 1.72 bits per heavy atom. The minimum atomic E-state index is 0.286. The van der Waals surface area contributed by atoms with Crippen LogP contribution in [0.15, 0.2) is 85.1 Å². The molecule has 0 saturated heterocycles. The van der Waals surface area contributed by atoms with E-state index in [1.54, 1.807) is 0 Å². The lowest BCUT2D eigenvalue weighted by Gasteiger charge is -2.11. The molecule has 3 nitrogen and oxygen atoms in total. The van der Waals surface area contributed by atoms with Gasteiger partial charge in [0.2, 0.25) is 0 Å². The third kappa shape index (κ3) is 5.61. The number of hydrogen-bond acceptors (Lipinski definition) is 3. The number of fused-ring (bicyclic) bond motifs is 1. The highest BCUT2D eigenvalue weighted by Crippen LogP contribution is 2.31. The minimum Gasteiger partial charge on any atom is -0.489 e. The summed E-state index contributed by atoms with van der Waals surface area (Å²) in [6.45, 7) is 2.69. The third-order valence-corrected chi connectivity index (χ3v) is 5.64. The van der Waals surface area contributed by atoms with Gasteiger partial charge in [0.1, 0.15) is 18.1 Å². The molecule has 0 fully saturated rings. The van der Waals surface area contributed by atoms with Crippen LogP contribution in [0.1, 0.15) is 43.7 Å². The van der Waals surface area contributed by atoms with Gasteiger partial charge in [0.05, 0.1) is 5.52 Å². The molecule has 0 bridgehead atoms. The highest BCUT2D eigenvalue weighted by Gasteiger charge is 2.10. The lowest BCUT2D eigenvalue weighted by Crippen LogP contribution is -2.03. The molecule has 0 aliphatic heterocycles. The second kappa shape index (κ2) is 10.7. The number of carbonyl (C=O) groups excluding carboxylic acids is 1. The van der Waals surface area contributed by atoms with Gasteiger partial charge in [-0.1, -0.05) is 74.4 Å². The average Bonchev–Trinajstić information content (AvgIpc) is 2.83. The van der Waals surface area contributed by atoms with E-state index in [-0.39, 0.29) is 5.78 Å². The Bertz CT molecular complexity index is 1180. The number of rotatable bonds is 10. The molecule has 3 aromatic carbocycles. The molecule has 0 radical (unpaired) electrons. The van der Waals surface area contributed by atoms with Crippen molar-refractivity contribution in [1.82, 2.24) is 4.98 Å². The maximum Gasteiger partial charge on any atom is 0.137 e. The SMILES string of the molecule is CCCCCC(=O)Cc1cnc2cccc(-c3cccc(OCc4ccccc4)c3)c2c1. The van der Waals surface area contributed by atoms with E-state index in [1.165, 1.54) is 0 Å². The number of pyridine rings is 1. The van der Waals surface area contributed by atoms with Crippen molar-refractivity contribution in [2.45, 2.75) is 45.6 Å². The summed E-state index contributed by atoms with van der Waals surface area (Å²) in [6.07, 6.45) is 6.13. The van der Waals surface area contributed by atoms with Crippen molar-refractivity contribution in [3.8, 4) is 16.9 Å². The van der Waals surface area contributed by atoms with E-state index in [4.69, 9.17) is 4.74 Å². The molecule has 0 amide bonds. The number of unbranched alkanes of at least 4 members (excludes halogenated alkanes) is 2. The second-order valence-corrected chi connectivity index (χ2v) is 8.19. The fourth-order valence-corrected chi connectivity index (χ4v) is 3.92. The molecule has 0 aliphatic rings. The summed E-state index contributed by atoms with van der Waals surface area (Å²) in [5.41, 5.74) is 5.22. The molecule has 1 heterocycles. The maximum absolute atomic E-state index is 12.4. The van der Waals surface area contributed by atoms with Gasteiger partial charge in [-0.3, -0.25) is 9.78 Å². The van der Waals surface area contributed by atoms with Crippen molar-refractivity contribution in [2.75, 3.05) is 0 Å². The Balaban J connectivity index is 1.56. The zero-order valence-corrected chi connectivity index (χ0v) is 18.6. The van der Waals surface area contributed by atoms with Crippen molar-refractivity contribution >= 4 is 16.7 Å². The Morgan fingerprint density at radius 1 is 0.875 bits per heavy atom. The fourth-order valence-electron chi connectivity index (χ4n) is 3.92. The van der Waals surface area contributed by atoms with Gasteiger partial charge in [0.25, 0.3) is 0 Å². The van der Waals surface area contributed by atoms with Crippen molar-refractivity contribution in [2.24, 2.45) is 0 Å². The van der Waals surface area contributed by atoms with Crippen LogP contribution < -0.4 is 4.74 Å². The molecule has 3 heteroatoms. The van der Waals surface area contributed by atoms with E-state index in [0.29, 0.717) is 19.4 Å². The normalized spacial score (nSPS) is 10.9. The van der Waals surface area contributed by atoms with Crippen molar-refractivity contribution in [3.63, 3.8) is 0 Å². The zero-order chi connectivity index (χ0) is 22.2. The quantitative estimate of drug-likeness (QED) is 0.254. The van der Waals surface area contributed by atoms with Crippen LogP contribution in [-0.4, -0.2) is 10.8 Å². The van der Waals surface area contributed by atoms with Crippen LogP contribution in [0, 0.1) is 0 Å². The first-order valence-corrected chi connectivity index (χ1v) is 11.4. The predicted molar refractivity (Wildman–Crippen MR) is 131 cm³/mol. The maximum atomic E-state index is 12.4. The number of aromatic nitrogens is 1. The molecule has 0 atom stereocenters. The molecule has 1 aromatic heterocycles. The highest BCUT2D eigenvalue weighted by molar-refractivity contribution is 5.95. The largest absolute Gasteiger partial charge is 0.489 e. The number of carbonyl (C=O) groups is 1. The van der Waals surface area contributed by atoms with E-state index in [9.17, 15) is 4.79 Å². The number of nitrogens with zero attached hydrogens (tertiary/aromatic N) is 1. The van der Waals surface area contributed by atoms with Gasteiger partial charge in [-0.25, -0.2) is 0 Å². The van der Waals surface area contributed by atoms with Gasteiger partial charge >= 0.3 is 0 Å². The number of ketones is 1. The Hall–Kier alpha value is -3.46. The molecule has 0 unspecified atom stereocenters. The topological polar surface area (TPSA) is 39.2 Å². The van der Waals surface area contributed by atoms with Crippen LogP contribution in [0.3, 0.4) is 0 Å². The van der Waals surface area contributed by atoms with Gasteiger partial charge in [0.15, 0.2) is 0 Å². The summed E-state index contributed by atoms with van der Waals surface area (Å²) in [7, 11) is 0. The van der Waals surface area contributed by atoms with Gasteiger partial charge in [0, 0.05) is 24.4 Å². The molecule has 4 rings (SSSR count). The number of ether oxygens (including phenoxy) is 1. The first kappa shape index (κ1) is 21.8. The summed E-state index contributed by atoms with van der Waals surface area (Å²) >= 11 is 0. The number of benzene rings is 3. The molecular formula is C29H29NO2. The van der Waals surface area contributed by atoms with E-state index in [0.717, 1.165) is 58.2 Å². The first-order valence-electron chi connectivity index (χ1n) is 11.4. The first-order chi connectivity index (χ1) is 15.7. The standard InChI is InChI=1S/C29H29NO2/c1-2-3-5-13-25(31)17-23-18-28-27(15-9-16-29(28)30-20-23)24-12-8-14-26(19-24)32-21-22-10-6-4-7-11-22/h4,6-12,14-16,18-20H,2-3,5,13,17,21H2,1H3. The van der Waals surface area contributed by atoms with E-state index < -0.39 is 0 Å². The number of Topliss-reactive ketones (excluding diaryl/α,β-unsaturated/α-hetero) is 1. The Morgan fingerprint density at radius 3 is 2.56 bits per heavy atom. The monoisotopic (exact) mass is 423 g/mol. The molecule has 0 saturated carbocycles. The van der Waals surface area contributed by atoms with Crippen LogP contribution in [0.25, 0.3) is 22.0 Å². The van der Waals surface area contributed by atoms with Crippen molar-refractivity contribution < 1.29 is 9.53 Å². The van der Waals surface area contributed by atoms with Crippen molar-refractivity contribution in [3.05, 3.63) is 96.2 Å². The molecule has 162 valence electrons. The summed E-state index contributed by atoms with van der Waals surface area (Å²) in [4.78, 5) is 17.0. The minimum absolute atomic E-state index is 0.286. The lowest BCUT2D eigenvalue weighted by molar-refractivity contribution is -0.118. The average molecular weight is 424 g/mol. The van der Waals surface area contributed by atoms with E-state index >= 15 is 0 Å². The summed E-state index contributed by atoms with van der Waals surface area (Å²) in [5, 5.41) is 1.06. The van der Waals surface area contributed by atoms with Crippen LogP contribution in [0.2, 0.25) is 0 Å². The number of hydrogen-bond donors (Lipinski definition) is 0. The van der Waals surface area contributed by atoms with E-state index in [2.05, 4.69) is 48.3 Å². The smallest absolute Gasteiger partial charge is 0.137 e. The predicted octanol–water partition coefficient (Wildman–Crippen LogP) is 7.17. The zero-order valence-electron chi connectivity index (χ0n) is 18.6. The third-order valence-electron chi connectivity index (χ3n) is 5.64. The van der Waals surface area contributed by atoms with Gasteiger partial charge in [-0.05, 0) is 52.9 Å². The van der Waals surface area contributed by atoms with Gasteiger partial charge in [-0.2, -0.15) is 0 Å². The molecule has 0 aliphatic carbocycles. The molecule has 0 spiro atoms. The molecular weight excluding hydrogens is 394 g/mol. The van der Waals surface area contributed by atoms with Crippen molar-refractivity contribution in [1.29, 1.82) is 0 Å². The van der Waals surface area contributed by atoms with Crippen LogP contribution in [0.5, 0.6) is 5.75 Å². The lowest BCUT2D eigenvalue weighted by atomic mass is 9.98. The van der Waals surface area contributed by atoms with Gasteiger partial charge in [-0.15, -0.1) is 0 Å². The van der Waals surface area contributed by atoms with E-state index in [1.807, 2.05) is 48.7 Å². The van der Waals surface area contributed by atoms with Crippen LogP contribution in [-0.2, 0) is 17.8 Å². The Labute approximate surface area is 190 Å². The molecule has 32 heavy (non-hydrogen) atoms. The molecule has 4 aromatic rings. The fraction of sp³-hybridized carbons (Fsp3) is 0.241. The summed E-state index contributed by atoms with van der Waals surface area (Å²) < 4.78 is 6.03. The van der Waals surface area contributed by atoms with Gasteiger partial charge < -0.3 is 4.74 Å². The molecule has 0 N–H and O–H groups in total. The Kier molecular flexibility index (Phi) is 7.29. The van der Waals surface area contributed by atoms with Crippen LogP contribution >= 0.6 is 0 Å². The highest BCUT2D eigenvalue weighted by atomic mass is 16.5. The second-order valence-electron chi connectivity index (χ2n) is 8.19. The summed E-state index contributed by atoms with van der Waals surface area (Å²) in [6, 6.07) is 26.6. The summed E-state index contributed by atoms with van der Waals surface area (Å²) in [5.74, 6) is 1.12. The van der Waals surface area contributed by atoms with Crippen LogP contribution in [0.4, 0.5) is 0 Å².